The second-order valence-corrected chi connectivity index (χ2v) is 7.88. The number of benzene rings is 2. The monoisotopic (exact) mass is 460 g/mol. The van der Waals surface area contributed by atoms with Crippen LogP contribution in [0.4, 0.5) is 17.1 Å². The zero-order valence-corrected chi connectivity index (χ0v) is 18.8. The summed E-state index contributed by atoms with van der Waals surface area (Å²) in [5.74, 6) is -0.297. The smallest absolute Gasteiger partial charge is 0.267 e. The molecule has 0 radical (unpaired) electrons. The number of amides is 1. The molecule has 0 unspecified atom stereocenters. The normalized spacial score (nSPS) is 14.6. The average Bonchev–Trinajstić information content (AvgIpc) is 3.24. The molecule has 3 aromatic rings. The van der Waals surface area contributed by atoms with Gasteiger partial charge < -0.3 is 0 Å². The highest BCUT2D eigenvalue weighted by Gasteiger charge is 2.30. The number of nitro benzene ring substituents is 2. The highest BCUT2D eigenvalue weighted by atomic mass is 16.6. The zero-order chi connectivity index (χ0) is 24.7. The Morgan fingerprint density at radius 1 is 0.941 bits per heavy atom. The zero-order valence-electron chi connectivity index (χ0n) is 18.8. The molecule has 34 heavy (non-hydrogen) atoms. The lowest BCUT2D eigenvalue weighted by Gasteiger charge is -2.11. The third-order valence-electron chi connectivity index (χ3n) is 5.57. The van der Waals surface area contributed by atoms with E-state index in [1.54, 1.807) is 26.8 Å². The summed E-state index contributed by atoms with van der Waals surface area (Å²) >= 11 is 0. The van der Waals surface area contributed by atoms with E-state index in [0.717, 1.165) is 11.6 Å². The Balaban J connectivity index is 1.76. The van der Waals surface area contributed by atoms with Gasteiger partial charge in [-0.3, -0.25) is 25.0 Å². The molecule has 0 saturated carbocycles. The second-order valence-electron chi connectivity index (χ2n) is 7.88. The second kappa shape index (κ2) is 8.35. The number of rotatable bonds is 5. The Kier molecular flexibility index (Phi) is 5.53. The lowest BCUT2D eigenvalue weighted by Crippen LogP contribution is -2.21. The molecule has 1 aliphatic rings. The van der Waals surface area contributed by atoms with Gasteiger partial charge in [0.1, 0.15) is 5.69 Å². The molecule has 2 aromatic carbocycles. The number of anilines is 1. The molecule has 11 nitrogen and oxygen atoms in total. The molecule has 0 aliphatic carbocycles. The first-order chi connectivity index (χ1) is 16.1. The Hall–Kier alpha value is -4.67. The van der Waals surface area contributed by atoms with Gasteiger partial charge in [-0.25, -0.2) is 4.68 Å². The van der Waals surface area contributed by atoms with Crippen molar-refractivity contribution in [2.75, 3.05) is 5.01 Å². The summed E-state index contributed by atoms with van der Waals surface area (Å²) in [5.41, 5.74) is 3.54. The van der Waals surface area contributed by atoms with Crippen LogP contribution in [0.5, 0.6) is 0 Å². The summed E-state index contributed by atoms with van der Waals surface area (Å²) < 4.78 is 1.35. The third kappa shape index (κ3) is 3.83. The first-order valence-electron chi connectivity index (χ1n) is 10.3. The molecule has 0 spiro atoms. The van der Waals surface area contributed by atoms with Crippen LogP contribution in [-0.2, 0) is 4.79 Å². The fraction of sp³-hybridized carbons (Fsp3) is 0.174. The van der Waals surface area contributed by atoms with Gasteiger partial charge in [0, 0.05) is 17.3 Å². The first kappa shape index (κ1) is 22.5. The van der Waals surface area contributed by atoms with Gasteiger partial charge in [0.2, 0.25) is 0 Å². The summed E-state index contributed by atoms with van der Waals surface area (Å²) in [6.07, 6.45) is 1.67. The largest absolute Gasteiger partial charge is 0.301 e. The molecular formula is C23H20N6O5. The summed E-state index contributed by atoms with van der Waals surface area (Å²) in [6, 6.07) is 10.8. The lowest BCUT2D eigenvalue weighted by molar-refractivity contribution is -0.394. The molecular weight excluding hydrogens is 440 g/mol. The SMILES string of the molecule is CC1=NN(c2ccc(C)cc2)C(=O)/C1=C/c1c(C)nn(-c2ccc([N+](=O)[O-])cc2[N+](=O)[O-])c1C. The van der Waals surface area contributed by atoms with Crippen molar-refractivity contribution in [2.45, 2.75) is 27.7 Å². The Labute approximate surface area is 193 Å². The Morgan fingerprint density at radius 3 is 2.24 bits per heavy atom. The van der Waals surface area contributed by atoms with Crippen LogP contribution in [0.1, 0.15) is 29.4 Å². The molecule has 4 rings (SSSR count). The number of nitrogens with zero attached hydrogens (tertiary/aromatic N) is 6. The standard InChI is InChI=1S/C23H20N6O5/c1-13-5-7-17(8-6-13)27-23(30)20(15(3)25-27)12-19-14(2)24-26(16(19)4)21-10-9-18(28(31)32)11-22(21)29(33)34/h5-12H,1-4H3/b20-12+. The van der Waals surface area contributed by atoms with Gasteiger partial charge in [0.05, 0.1) is 38.6 Å². The molecule has 0 saturated heterocycles. The minimum Gasteiger partial charge on any atom is -0.267 e. The molecule has 2 heterocycles. The topological polar surface area (TPSA) is 137 Å². The van der Waals surface area contributed by atoms with Crippen molar-refractivity contribution in [3.8, 4) is 5.69 Å². The van der Waals surface area contributed by atoms with Crippen LogP contribution in [0.2, 0.25) is 0 Å². The third-order valence-corrected chi connectivity index (χ3v) is 5.57. The van der Waals surface area contributed by atoms with E-state index in [2.05, 4.69) is 10.2 Å². The van der Waals surface area contributed by atoms with Crippen LogP contribution >= 0.6 is 0 Å². The van der Waals surface area contributed by atoms with Crippen LogP contribution in [0.25, 0.3) is 11.8 Å². The predicted octanol–water partition coefficient (Wildman–Crippen LogP) is 4.42. The van der Waals surface area contributed by atoms with Crippen LogP contribution < -0.4 is 5.01 Å². The number of hydrogen-bond acceptors (Lipinski definition) is 7. The molecule has 0 fully saturated rings. The fourth-order valence-electron chi connectivity index (χ4n) is 3.74. The quantitative estimate of drug-likeness (QED) is 0.314. The maximum atomic E-state index is 13.1. The molecule has 172 valence electrons. The van der Waals surface area contributed by atoms with Crippen molar-refractivity contribution < 1.29 is 14.6 Å². The summed E-state index contributed by atoms with van der Waals surface area (Å²) in [6.45, 7) is 7.11. The van der Waals surface area contributed by atoms with Gasteiger partial charge in [0.15, 0.2) is 0 Å². The molecule has 1 aliphatic heterocycles. The van der Waals surface area contributed by atoms with Gasteiger partial charge in [-0.15, -0.1) is 0 Å². The van der Waals surface area contributed by atoms with Crippen molar-refractivity contribution in [2.24, 2.45) is 5.10 Å². The molecule has 0 bridgehead atoms. The van der Waals surface area contributed by atoms with Gasteiger partial charge in [-0.1, -0.05) is 17.7 Å². The van der Waals surface area contributed by atoms with Crippen molar-refractivity contribution in [1.82, 2.24) is 9.78 Å². The minimum absolute atomic E-state index is 0.0882. The number of aryl methyl sites for hydroxylation is 2. The maximum Gasteiger partial charge on any atom is 0.301 e. The molecule has 0 N–H and O–H groups in total. The van der Waals surface area contributed by atoms with E-state index in [0.29, 0.717) is 33.9 Å². The van der Waals surface area contributed by atoms with Gasteiger partial charge in [-0.05, 0) is 52.0 Å². The van der Waals surface area contributed by atoms with Gasteiger partial charge in [0.25, 0.3) is 11.6 Å². The van der Waals surface area contributed by atoms with E-state index in [4.69, 9.17) is 0 Å². The number of hydrogen-bond donors (Lipinski definition) is 0. The van der Waals surface area contributed by atoms with Crippen molar-refractivity contribution in [3.63, 3.8) is 0 Å². The van der Waals surface area contributed by atoms with E-state index in [9.17, 15) is 25.0 Å². The van der Waals surface area contributed by atoms with E-state index in [-0.39, 0.29) is 17.3 Å². The average molecular weight is 460 g/mol. The molecule has 1 aromatic heterocycles. The number of carbonyl (C=O) groups is 1. The van der Waals surface area contributed by atoms with Crippen molar-refractivity contribution in [1.29, 1.82) is 0 Å². The minimum atomic E-state index is -0.693. The van der Waals surface area contributed by atoms with E-state index < -0.39 is 15.5 Å². The van der Waals surface area contributed by atoms with Crippen molar-refractivity contribution >= 4 is 34.8 Å². The number of non-ortho nitro benzene ring substituents is 1. The maximum absolute atomic E-state index is 13.1. The van der Waals surface area contributed by atoms with Crippen LogP contribution in [0.3, 0.4) is 0 Å². The summed E-state index contributed by atoms with van der Waals surface area (Å²) in [4.78, 5) is 34.4. The van der Waals surface area contributed by atoms with Crippen LogP contribution in [0.15, 0.2) is 53.1 Å². The Morgan fingerprint density at radius 2 is 1.62 bits per heavy atom. The Bertz CT molecular complexity index is 1420. The molecule has 11 heteroatoms. The number of hydrazone groups is 1. The van der Waals surface area contributed by atoms with E-state index in [1.807, 2.05) is 31.2 Å². The summed E-state index contributed by atoms with van der Waals surface area (Å²) in [7, 11) is 0. The van der Waals surface area contributed by atoms with Gasteiger partial charge >= 0.3 is 5.69 Å². The number of nitro groups is 2. The molecule has 0 atom stereocenters. The van der Waals surface area contributed by atoms with Crippen molar-refractivity contribution in [3.05, 3.63) is 90.8 Å². The van der Waals surface area contributed by atoms with E-state index >= 15 is 0 Å². The van der Waals surface area contributed by atoms with E-state index in [1.165, 1.54) is 21.8 Å². The number of carbonyl (C=O) groups excluding carboxylic acids is 1. The van der Waals surface area contributed by atoms with Crippen LogP contribution in [0, 0.1) is 41.0 Å². The summed E-state index contributed by atoms with van der Waals surface area (Å²) in [5, 5.41) is 32.8. The van der Waals surface area contributed by atoms with Crippen LogP contribution in [-0.4, -0.2) is 31.2 Å². The highest BCUT2D eigenvalue weighted by molar-refractivity contribution is 6.32. The molecule has 1 amide bonds. The fourth-order valence-corrected chi connectivity index (χ4v) is 3.74. The number of aromatic nitrogens is 2. The first-order valence-corrected chi connectivity index (χ1v) is 10.3. The highest BCUT2D eigenvalue weighted by Crippen LogP contribution is 2.31. The van der Waals surface area contributed by atoms with Gasteiger partial charge in [-0.2, -0.15) is 15.2 Å². The lowest BCUT2D eigenvalue weighted by atomic mass is 10.1. The predicted molar refractivity (Wildman–Crippen MR) is 126 cm³/mol.